The number of hydrogen-bond donors (Lipinski definition) is 0. The van der Waals surface area contributed by atoms with Gasteiger partial charge in [0.25, 0.3) is 0 Å². The van der Waals surface area contributed by atoms with Crippen LogP contribution in [0, 0.1) is 0 Å². The fourth-order valence-electron chi connectivity index (χ4n) is 3.67. The Morgan fingerprint density at radius 2 is 1.77 bits per heavy atom. The molecule has 2 aromatic carbocycles. The normalized spacial score (nSPS) is 12.1. The maximum atomic E-state index is 12.5. The van der Waals surface area contributed by atoms with Gasteiger partial charge in [0.2, 0.25) is 10.0 Å². The molecule has 0 aliphatic rings. The van der Waals surface area contributed by atoms with Crippen LogP contribution in [0.5, 0.6) is 11.5 Å². The van der Waals surface area contributed by atoms with Crippen LogP contribution in [0.2, 0.25) is 0 Å². The average molecular weight is 447 g/mol. The summed E-state index contributed by atoms with van der Waals surface area (Å²) in [5, 5.41) is 0. The van der Waals surface area contributed by atoms with Gasteiger partial charge in [-0.05, 0) is 38.2 Å². The van der Waals surface area contributed by atoms with E-state index in [1.165, 1.54) is 18.4 Å². The molecule has 0 radical (unpaired) electrons. The van der Waals surface area contributed by atoms with Gasteiger partial charge < -0.3 is 14.0 Å². The minimum atomic E-state index is -3.51. The van der Waals surface area contributed by atoms with Gasteiger partial charge in [0.05, 0.1) is 36.7 Å². The van der Waals surface area contributed by atoms with Crippen molar-refractivity contribution in [3.05, 3.63) is 47.8 Å². The molecule has 3 aromatic rings. The molecule has 0 amide bonds. The molecule has 0 unspecified atom stereocenters. The molecule has 0 fully saturated rings. The number of aryl methyl sites for hydroxylation is 1. The molecule has 1 aromatic heterocycles. The largest absolute Gasteiger partial charge is 0.493 e. The highest BCUT2D eigenvalue weighted by atomic mass is 32.2. The fourth-order valence-corrected chi connectivity index (χ4v) is 4.59. The predicted molar refractivity (Wildman–Crippen MR) is 121 cm³/mol. The summed E-state index contributed by atoms with van der Waals surface area (Å²) in [6.07, 6.45) is 0. The summed E-state index contributed by atoms with van der Waals surface area (Å²) in [6, 6.07) is 10.9. The van der Waals surface area contributed by atoms with Crippen LogP contribution in [-0.2, 0) is 29.7 Å². The van der Waals surface area contributed by atoms with E-state index in [0.717, 1.165) is 29.2 Å². The van der Waals surface area contributed by atoms with Gasteiger partial charge in [0, 0.05) is 32.7 Å². The molecule has 0 aliphatic carbocycles. The number of sulfonamides is 1. The second-order valence-electron chi connectivity index (χ2n) is 7.54. The van der Waals surface area contributed by atoms with E-state index in [2.05, 4.69) is 16.4 Å². The van der Waals surface area contributed by atoms with E-state index in [1.807, 2.05) is 31.3 Å². The Labute approximate surface area is 184 Å². The Balaban J connectivity index is 1.91. The maximum Gasteiger partial charge on any atom is 0.242 e. The summed E-state index contributed by atoms with van der Waals surface area (Å²) in [4.78, 5) is 7.14. The lowest BCUT2D eigenvalue weighted by atomic mass is 10.1. The summed E-state index contributed by atoms with van der Waals surface area (Å²) in [7, 11) is 4.82. The maximum absolute atomic E-state index is 12.5. The van der Waals surface area contributed by atoms with Gasteiger partial charge in [-0.15, -0.1) is 0 Å². The number of rotatable bonds is 9. The molecule has 0 aliphatic heterocycles. The van der Waals surface area contributed by atoms with Crippen LogP contribution in [0.4, 0.5) is 0 Å². The highest BCUT2D eigenvalue weighted by Crippen LogP contribution is 2.31. The average Bonchev–Trinajstić information content (AvgIpc) is 3.09. The van der Waals surface area contributed by atoms with Gasteiger partial charge in [0.1, 0.15) is 5.82 Å². The van der Waals surface area contributed by atoms with Crippen molar-refractivity contribution in [2.24, 2.45) is 0 Å². The molecule has 0 N–H and O–H groups in total. The third-order valence-corrected chi connectivity index (χ3v) is 7.04. The van der Waals surface area contributed by atoms with E-state index < -0.39 is 10.0 Å². The molecule has 0 saturated heterocycles. The molecule has 9 heteroatoms. The Hall–Kier alpha value is -2.62. The summed E-state index contributed by atoms with van der Waals surface area (Å²) < 4.78 is 39.2. The van der Waals surface area contributed by atoms with Crippen LogP contribution in [0.25, 0.3) is 11.0 Å². The lowest BCUT2D eigenvalue weighted by molar-refractivity contribution is 0.294. The first-order valence-electron chi connectivity index (χ1n) is 10.0. The van der Waals surface area contributed by atoms with E-state index >= 15 is 0 Å². The zero-order valence-electron chi connectivity index (χ0n) is 18.9. The molecule has 31 heavy (non-hydrogen) atoms. The predicted octanol–water partition coefficient (Wildman–Crippen LogP) is 2.96. The molecule has 3 rings (SSSR count). The number of imidazole rings is 1. The molecule has 0 spiro atoms. The van der Waals surface area contributed by atoms with Crippen molar-refractivity contribution in [1.29, 1.82) is 0 Å². The molecule has 168 valence electrons. The summed E-state index contributed by atoms with van der Waals surface area (Å²) in [5.74, 6) is 2.30. The second kappa shape index (κ2) is 9.25. The molecule has 0 bridgehead atoms. The fraction of sp³-hybridized carbons (Fsp3) is 0.409. The molecular formula is C22H30N4O4S. The number of aromatic nitrogens is 2. The lowest BCUT2D eigenvalue weighted by Gasteiger charge is -2.19. The number of hydrogen-bond acceptors (Lipinski definition) is 6. The number of benzene rings is 2. The van der Waals surface area contributed by atoms with E-state index in [4.69, 9.17) is 14.5 Å². The molecular weight excluding hydrogens is 416 g/mol. The zero-order chi connectivity index (χ0) is 22.8. The van der Waals surface area contributed by atoms with Crippen LogP contribution in [-0.4, -0.2) is 62.5 Å². The van der Waals surface area contributed by atoms with Gasteiger partial charge in [-0.1, -0.05) is 12.1 Å². The number of nitrogens with zero attached hydrogens (tertiary/aromatic N) is 4. The molecule has 8 nitrogen and oxygen atoms in total. The number of fused-ring (bicyclic) bond motifs is 1. The van der Waals surface area contributed by atoms with E-state index in [1.54, 1.807) is 26.4 Å². The standard InChI is InChI=1S/C22H30N4O4S/c1-7-26-19-12-11-17(31(27,28)24(2)3)13-18(19)23-21(26)15-25(4)14-16-9-8-10-20(29-5)22(16)30-6/h8-13H,7,14-15H2,1-6H3. The van der Waals surface area contributed by atoms with Gasteiger partial charge in [-0.2, -0.15) is 0 Å². The summed E-state index contributed by atoms with van der Waals surface area (Å²) in [6.45, 7) is 4.04. The Bertz CT molecular complexity index is 1170. The van der Waals surface area contributed by atoms with Crippen LogP contribution in [0.3, 0.4) is 0 Å². The van der Waals surface area contributed by atoms with E-state index in [0.29, 0.717) is 24.4 Å². The third-order valence-electron chi connectivity index (χ3n) is 5.23. The topological polar surface area (TPSA) is 76.9 Å². The van der Waals surface area contributed by atoms with Crippen molar-refractivity contribution >= 4 is 21.1 Å². The summed E-state index contributed by atoms with van der Waals surface area (Å²) in [5.41, 5.74) is 2.61. The van der Waals surface area contributed by atoms with Crippen molar-refractivity contribution < 1.29 is 17.9 Å². The van der Waals surface area contributed by atoms with E-state index in [9.17, 15) is 8.42 Å². The number of ether oxygens (including phenoxy) is 2. The van der Waals surface area contributed by atoms with Crippen molar-refractivity contribution in [2.45, 2.75) is 31.5 Å². The van der Waals surface area contributed by atoms with Crippen LogP contribution in [0.1, 0.15) is 18.3 Å². The quantitative estimate of drug-likeness (QED) is 0.503. The lowest BCUT2D eigenvalue weighted by Crippen LogP contribution is -2.22. The van der Waals surface area contributed by atoms with Crippen LogP contribution < -0.4 is 9.47 Å². The minimum Gasteiger partial charge on any atom is -0.493 e. The highest BCUT2D eigenvalue weighted by molar-refractivity contribution is 7.89. The van der Waals surface area contributed by atoms with Crippen LogP contribution >= 0.6 is 0 Å². The van der Waals surface area contributed by atoms with Crippen molar-refractivity contribution in [2.75, 3.05) is 35.4 Å². The molecule has 0 saturated carbocycles. The Kier molecular flexibility index (Phi) is 6.88. The molecule has 1 heterocycles. The minimum absolute atomic E-state index is 0.242. The summed E-state index contributed by atoms with van der Waals surface area (Å²) >= 11 is 0. The van der Waals surface area contributed by atoms with Gasteiger partial charge in [-0.3, -0.25) is 4.90 Å². The van der Waals surface area contributed by atoms with Gasteiger partial charge >= 0.3 is 0 Å². The number of methoxy groups -OCH3 is 2. The highest BCUT2D eigenvalue weighted by Gasteiger charge is 2.20. The Morgan fingerprint density at radius 1 is 1.03 bits per heavy atom. The van der Waals surface area contributed by atoms with Crippen LogP contribution in [0.15, 0.2) is 41.3 Å². The van der Waals surface area contributed by atoms with Crippen molar-refractivity contribution in [3.63, 3.8) is 0 Å². The van der Waals surface area contributed by atoms with Gasteiger partial charge in [0.15, 0.2) is 11.5 Å². The Morgan fingerprint density at radius 3 is 2.39 bits per heavy atom. The SMILES string of the molecule is CCn1c(CN(C)Cc2cccc(OC)c2OC)nc2cc(S(=O)(=O)N(C)C)ccc21. The zero-order valence-corrected chi connectivity index (χ0v) is 19.7. The first-order valence-corrected chi connectivity index (χ1v) is 11.5. The first kappa shape index (κ1) is 23.1. The number of para-hydroxylation sites is 1. The molecule has 0 atom stereocenters. The van der Waals surface area contributed by atoms with Gasteiger partial charge in [-0.25, -0.2) is 17.7 Å². The monoisotopic (exact) mass is 446 g/mol. The third kappa shape index (κ3) is 4.53. The second-order valence-corrected chi connectivity index (χ2v) is 9.69. The first-order chi connectivity index (χ1) is 14.7. The smallest absolute Gasteiger partial charge is 0.242 e. The van der Waals surface area contributed by atoms with E-state index in [-0.39, 0.29) is 4.90 Å². The van der Waals surface area contributed by atoms with Crippen molar-refractivity contribution in [3.8, 4) is 11.5 Å². The van der Waals surface area contributed by atoms with Crippen molar-refractivity contribution in [1.82, 2.24) is 18.8 Å².